The van der Waals surface area contributed by atoms with Crippen LogP contribution in [0.5, 0.6) is 0 Å². The topological polar surface area (TPSA) is 12.9 Å². The van der Waals surface area contributed by atoms with Crippen LogP contribution >= 0.6 is 0 Å². The van der Waals surface area contributed by atoms with E-state index in [0.29, 0.717) is 5.56 Å². The first-order valence-corrected chi connectivity index (χ1v) is 27.9. The van der Waals surface area contributed by atoms with Crippen LogP contribution in [0.3, 0.4) is 0 Å². The average molecular weight is 649 g/mol. The van der Waals surface area contributed by atoms with E-state index in [1.807, 2.05) is 12.3 Å². The van der Waals surface area contributed by atoms with Crippen LogP contribution in [0.25, 0.3) is 44.3 Å². The Morgan fingerprint density at radius 1 is 0.725 bits per heavy atom. The van der Waals surface area contributed by atoms with Gasteiger partial charge in [0.15, 0.2) is 0 Å². The summed E-state index contributed by atoms with van der Waals surface area (Å²) in [5, 5.41) is 2.51. The van der Waals surface area contributed by atoms with Gasteiger partial charge in [0.2, 0.25) is 0 Å². The van der Waals surface area contributed by atoms with Gasteiger partial charge in [-0.3, -0.25) is 0 Å². The van der Waals surface area contributed by atoms with Crippen LogP contribution < -0.4 is 13.2 Å². The third-order valence-corrected chi connectivity index (χ3v) is 20.3. The maximum atomic E-state index is 16.7. The monoisotopic (exact) mass is 651 g/mol. The van der Waals surface area contributed by atoms with E-state index in [1.54, 1.807) is 0 Å². The molecule has 5 aromatic rings. The molecule has 0 unspecified atom stereocenters. The molecule has 1 nitrogen and oxygen atoms in total. The molecule has 0 bridgehead atoms. The Hall–Kier alpha value is -2.69. The van der Waals surface area contributed by atoms with E-state index in [1.165, 1.54) is 25.1 Å². The van der Waals surface area contributed by atoms with Gasteiger partial charge in [-0.15, -0.1) is 0 Å². The Morgan fingerprint density at radius 3 is 2.05 bits per heavy atom. The Kier molecular flexibility index (Phi) is 6.47. The van der Waals surface area contributed by atoms with Crippen molar-refractivity contribution in [3.63, 3.8) is 0 Å². The summed E-state index contributed by atoms with van der Waals surface area (Å²) in [6.07, 6.45) is 1.91. The zero-order chi connectivity index (χ0) is 28.6. The SMILES string of the molecule is CC(C)(C)c1cc(-c2nccc3[c]2[Ge]([CH3])([CH3])[c]2c-3ccc(-c3cc[c]([Ge]([CH3])([CH3])[CH3])cc3)c2F)cc2ccccc12. The van der Waals surface area contributed by atoms with E-state index >= 15 is 4.39 Å². The van der Waals surface area contributed by atoms with Crippen molar-refractivity contribution in [3.05, 3.63) is 96.4 Å². The van der Waals surface area contributed by atoms with Crippen molar-refractivity contribution in [2.75, 3.05) is 0 Å². The molecular formula is C36H38FGe2N. The van der Waals surface area contributed by atoms with E-state index in [-0.39, 0.29) is 11.2 Å². The normalized spacial score (nSPS) is 14.3. The van der Waals surface area contributed by atoms with Crippen molar-refractivity contribution in [1.29, 1.82) is 0 Å². The van der Waals surface area contributed by atoms with E-state index in [9.17, 15) is 0 Å². The molecule has 0 fully saturated rings. The van der Waals surface area contributed by atoms with E-state index < -0.39 is 26.5 Å². The Labute approximate surface area is 243 Å². The zero-order valence-electron chi connectivity index (χ0n) is 24.9. The molecule has 0 saturated carbocycles. The van der Waals surface area contributed by atoms with Crippen LogP contribution in [0.15, 0.2) is 85.1 Å². The van der Waals surface area contributed by atoms with Gasteiger partial charge in [0.05, 0.1) is 0 Å². The van der Waals surface area contributed by atoms with Crippen molar-refractivity contribution in [3.8, 4) is 33.5 Å². The second kappa shape index (κ2) is 9.42. The first-order valence-electron chi connectivity index (χ1n) is 14.3. The molecule has 1 aliphatic heterocycles. The van der Waals surface area contributed by atoms with Crippen molar-refractivity contribution in [2.45, 2.75) is 55.0 Å². The maximum absolute atomic E-state index is 16.7. The second-order valence-electron chi connectivity index (χ2n) is 13.9. The quantitative estimate of drug-likeness (QED) is 0.179. The van der Waals surface area contributed by atoms with Gasteiger partial charge in [0.25, 0.3) is 0 Å². The molecule has 0 amide bonds. The Balaban J connectivity index is 1.53. The Bertz CT molecular complexity index is 1790. The number of halogens is 1. The van der Waals surface area contributed by atoms with Crippen molar-refractivity contribution in [1.82, 2.24) is 4.98 Å². The molecule has 6 rings (SSSR count). The van der Waals surface area contributed by atoms with Gasteiger partial charge in [0.1, 0.15) is 0 Å². The average Bonchev–Trinajstić information content (AvgIpc) is 3.14. The molecule has 202 valence electrons. The summed E-state index contributed by atoms with van der Waals surface area (Å²) in [6.45, 7) is 6.81. The van der Waals surface area contributed by atoms with Gasteiger partial charge in [-0.25, -0.2) is 0 Å². The molecule has 4 aromatic carbocycles. The second-order valence-corrected chi connectivity index (χ2v) is 33.4. The molecule has 4 heteroatoms. The number of pyridine rings is 1. The molecule has 0 aliphatic carbocycles. The molecule has 0 atom stereocenters. The molecule has 1 aromatic heterocycles. The summed E-state index contributed by atoms with van der Waals surface area (Å²) in [4.78, 5) is 5.00. The van der Waals surface area contributed by atoms with Crippen molar-refractivity contribution >= 4 is 50.5 Å². The molecule has 0 N–H and O–H groups in total. The van der Waals surface area contributed by atoms with Crippen LogP contribution in [0.4, 0.5) is 4.39 Å². The third-order valence-electron chi connectivity index (χ3n) is 8.64. The first-order chi connectivity index (χ1) is 18.8. The molecule has 0 spiro atoms. The van der Waals surface area contributed by atoms with Crippen molar-refractivity contribution in [2.24, 2.45) is 0 Å². The van der Waals surface area contributed by atoms with E-state index in [4.69, 9.17) is 4.98 Å². The van der Waals surface area contributed by atoms with Gasteiger partial charge in [-0.1, -0.05) is 0 Å². The van der Waals surface area contributed by atoms with Crippen LogP contribution in [0.1, 0.15) is 26.3 Å². The fourth-order valence-electron chi connectivity index (χ4n) is 6.51. The van der Waals surface area contributed by atoms with Gasteiger partial charge in [0, 0.05) is 0 Å². The van der Waals surface area contributed by atoms with Crippen molar-refractivity contribution < 1.29 is 4.39 Å². The summed E-state index contributed by atoms with van der Waals surface area (Å²) in [5.41, 5.74) is 7.37. The molecule has 0 radical (unpaired) electrons. The zero-order valence-corrected chi connectivity index (χ0v) is 29.1. The van der Waals surface area contributed by atoms with Gasteiger partial charge in [-0.2, -0.15) is 0 Å². The summed E-state index contributed by atoms with van der Waals surface area (Å²) < 4.78 is 20.3. The number of rotatable bonds is 3. The molecular weight excluding hydrogens is 611 g/mol. The number of nitrogens with zero attached hydrogens (tertiary/aromatic N) is 1. The summed E-state index contributed by atoms with van der Waals surface area (Å²) in [7, 11) is 0. The molecule has 2 heterocycles. The fraction of sp³-hybridized carbons (Fsp3) is 0.250. The summed E-state index contributed by atoms with van der Waals surface area (Å²) >= 11 is -5.01. The van der Waals surface area contributed by atoms with Crippen LogP contribution in [-0.2, 0) is 5.41 Å². The molecule has 1 aliphatic rings. The van der Waals surface area contributed by atoms with E-state index in [0.717, 1.165) is 32.3 Å². The molecule has 0 saturated heterocycles. The molecule has 40 heavy (non-hydrogen) atoms. The first kappa shape index (κ1) is 27.5. The third kappa shape index (κ3) is 4.39. The number of fused-ring (bicyclic) bond motifs is 4. The summed E-state index contributed by atoms with van der Waals surface area (Å²) in [6, 6.07) is 28.2. The number of benzene rings is 4. The minimum absolute atomic E-state index is 0.0135. The standard InChI is InChI=1S/C36H38FGe2N/c1-36(2,3)31-22-25(21-24-11-9-10-12-27(24)31)35-34-30(19-20-40-35)29-18-17-28(32(37)33(29)39(34,7)8)23-13-15-26(16-14-23)38(4,5)6/h9-22H,1-8H3. The van der Waals surface area contributed by atoms with Gasteiger partial charge < -0.3 is 0 Å². The predicted molar refractivity (Wildman–Crippen MR) is 176 cm³/mol. The number of hydrogen-bond donors (Lipinski definition) is 0. The van der Waals surface area contributed by atoms with Crippen LogP contribution in [0.2, 0.25) is 28.8 Å². The number of hydrogen-bond acceptors (Lipinski definition) is 1. The van der Waals surface area contributed by atoms with Gasteiger partial charge in [-0.05, 0) is 0 Å². The minimum atomic E-state index is -3.07. The van der Waals surface area contributed by atoms with E-state index in [2.05, 4.69) is 122 Å². The predicted octanol–water partition coefficient (Wildman–Crippen LogP) is 8.35. The van der Waals surface area contributed by atoms with Crippen LogP contribution in [-0.4, -0.2) is 31.5 Å². The fourth-order valence-corrected chi connectivity index (χ4v) is 16.3. The van der Waals surface area contributed by atoms with Crippen LogP contribution in [0, 0.1) is 5.82 Å². The number of aromatic nitrogens is 1. The summed E-state index contributed by atoms with van der Waals surface area (Å²) in [5.74, 6) is 11.8. The van der Waals surface area contributed by atoms with Gasteiger partial charge >= 0.3 is 245 Å². The Morgan fingerprint density at radius 2 is 1.38 bits per heavy atom.